The number of thioether (sulfide) groups is 1. The van der Waals surface area contributed by atoms with Gasteiger partial charge in [-0.15, -0.1) is 15.3 Å². The maximum atomic E-state index is 4.60. The van der Waals surface area contributed by atoms with Crippen molar-refractivity contribution in [2.45, 2.75) is 44.3 Å². The second-order valence-corrected chi connectivity index (χ2v) is 8.13. The zero-order valence-corrected chi connectivity index (χ0v) is 13.1. The molecular formula is C14H21N5S. The van der Waals surface area contributed by atoms with E-state index in [1.165, 1.54) is 12.8 Å². The van der Waals surface area contributed by atoms with Crippen LogP contribution in [-0.2, 0) is 0 Å². The van der Waals surface area contributed by atoms with Gasteiger partial charge >= 0.3 is 0 Å². The number of fused-ring (bicyclic) bond motifs is 1. The van der Waals surface area contributed by atoms with Crippen molar-refractivity contribution in [1.82, 2.24) is 19.8 Å². The van der Waals surface area contributed by atoms with Crippen LogP contribution < -0.4 is 5.32 Å². The van der Waals surface area contributed by atoms with Crippen LogP contribution in [0.1, 0.15) is 45.4 Å². The van der Waals surface area contributed by atoms with Gasteiger partial charge in [-0.25, -0.2) is 0 Å². The molecular weight excluding hydrogens is 270 g/mol. The Labute approximate surface area is 123 Å². The maximum absolute atomic E-state index is 4.60. The Hall–Kier alpha value is -1.30. The Balaban J connectivity index is 1.64. The Morgan fingerprint density at radius 3 is 2.80 bits per heavy atom. The monoisotopic (exact) mass is 291 g/mol. The molecule has 1 fully saturated rings. The van der Waals surface area contributed by atoms with Gasteiger partial charge in [0.2, 0.25) is 0 Å². The van der Waals surface area contributed by atoms with Crippen molar-refractivity contribution in [2.24, 2.45) is 0 Å². The minimum Gasteiger partial charge on any atom is -0.368 e. The molecule has 3 rings (SSSR count). The summed E-state index contributed by atoms with van der Waals surface area (Å²) >= 11 is 1.95. The number of hydrogen-bond acceptors (Lipinski definition) is 5. The van der Waals surface area contributed by atoms with Gasteiger partial charge in [0.25, 0.3) is 0 Å². The maximum Gasteiger partial charge on any atom is 0.178 e. The summed E-state index contributed by atoms with van der Waals surface area (Å²) in [5, 5.41) is 16.4. The van der Waals surface area contributed by atoms with Gasteiger partial charge in [-0.2, -0.15) is 16.3 Å². The van der Waals surface area contributed by atoms with Gasteiger partial charge < -0.3 is 5.32 Å². The Kier molecular flexibility index (Phi) is 3.58. The van der Waals surface area contributed by atoms with E-state index in [4.69, 9.17) is 0 Å². The molecule has 2 aromatic rings. The number of anilines is 1. The summed E-state index contributed by atoms with van der Waals surface area (Å²) in [6, 6.07) is 3.95. The molecule has 1 aliphatic carbocycles. The van der Waals surface area contributed by atoms with Gasteiger partial charge in [0.15, 0.2) is 11.5 Å². The Morgan fingerprint density at radius 2 is 2.10 bits per heavy atom. The van der Waals surface area contributed by atoms with Crippen molar-refractivity contribution in [2.75, 3.05) is 17.6 Å². The van der Waals surface area contributed by atoms with Crippen molar-refractivity contribution < 1.29 is 0 Å². The average molecular weight is 291 g/mol. The van der Waals surface area contributed by atoms with Gasteiger partial charge in [-0.3, -0.25) is 0 Å². The molecule has 108 valence electrons. The smallest absolute Gasteiger partial charge is 0.178 e. The first-order valence-electron chi connectivity index (χ1n) is 7.13. The number of nitrogens with zero attached hydrogens (tertiary/aromatic N) is 4. The second kappa shape index (κ2) is 5.24. The molecule has 2 aromatic heterocycles. The minimum absolute atomic E-state index is 0.312. The van der Waals surface area contributed by atoms with E-state index in [1.54, 1.807) is 0 Å². The lowest BCUT2D eigenvalue weighted by Crippen LogP contribution is -2.14. The molecule has 0 unspecified atom stereocenters. The number of rotatable bonds is 5. The van der Waals surface area contributed by atoms with Gasteiger partial charge in [0, 0.05) is 23.0 Å². The molecule has 2 heterocycles. The largest absolute Gasteiger partial charge is 0.368 e. The molecule has 0 atom stereocenters. The normalized spacial score (nSPS) is 15.8. The molecule has 6 heteroatoms. The standard InChI is InChI=1S/C14H21N5S/c1-14(2,3)20-9-8-15-11-6-7-12-16-17-13(10-4-5-10)19(12)18-11/h6-7,10H,4-5,8-9H2,1-3H3,(H,15,18). The molecule has 1 aliphatic rings. The lowest BCUT2D eigenvalue weighted by Gasteiger charge is -2.17. The molecule has 0 aromatic carbocycles. The Morgan fingerprint density at radius 1 is 1.30 bits per heavy atom. The van der Waals surface area contributed by atoms with Gasteiger partial charge in [-0.05, 0) is 25.0 Å². The highest BCUT2D eigenvalue weighted by atomic mass is 32.2. The van der Waals surface area contributed by atoms with Crippen LogP contribution in [0.25, 0.3) is 5.65 Å². The highest BCUT2D eigenvalue weighted by Crippen LogP contribution is 2.38. The first-order valence-corrected chi connectivity index (χ1v) is 8.12. The lowest BCUT2D eigenvalue weighted by molar-refractivity contribution is 0.801. The van der Waals surface area contributed by atoms with Crippen LogP contribution in [-0.4, -0.2) is 36.9 Å². The first kappa shape index (κ1) is 13.7. The molecule has 0 bridgehead atoms. The Bertz CT molecular complexity index is 597. The molecule has 0 amide bonds. The quantitative estimate of drug-likeness (QED) is 0.858. The van der Waals surface area contributed by atoms with E-state index in [0.29, 0.717) is 10.7 Å². The highest BCUT2D eigenvalue weighted by Gasteiger charge is 2.29. The first-order chi connectivity index (χ1) is 9.53. The van der Waals surface area contributed by atoms with E-state index in [0.717, 1.165) is 29.6 Å². The topological polar surface area (TPSA) is 55.1 Å². The zero-order chi connectivity index (χ0) is 14.2. The van der Waals surface area contributed by atoms with Crippen LogP contribution in [0.4, 0.5) is 5.82 Å². The summed E-state index contributed by atoms with van der Waals surface area (Å²) in [4.78, 5) is 0. The molecule has 1 N–H and O–H groups in total. The SMILES string of the molecule is CC(C)(C)SCCNc1ccc2nnc(C3CC3)n2n1. The molecule has 0 aliphatic heterocycles. The van der Waals surface area contributed by atoms with E-state index in [1.807, 2.05) is 28.4 Å². The van der Waals surface area contributed by atoms with E-state index >= 15 is 0 Å². The third-order valence-corrected chi connectivity index (χ3v) is 4.45. The third-order valence-electron chi connectivity index (χ3n) is 3.17. The summed E-state index contributed by atoms with van der Waals surface area (Å²) in [6.45, 7) is 7.63. The highest BCUT2D eigenvalue weighted by molar-refractivity contribution is 8.00. The second-order valence-electron chi connectivity index (χ2n) is 6.21. The fraction of sp³-hybridized carbons (Fsp3) is 0.643. The molecule has 0 saturated heterocycles. The fourth-order valence-electron chi connectivity index (χ4n) is 2.03. The van der Waals surface area contributed by atoms with E-state index in [9.17, 15) is 0 Å². The zero-order valence-electron chi connectivity index (χ0n) is 12.3. The molecule has 20 heavy (non-hydrogen) atoms. The van der Waals surface area contributed by atoms with Crippen molar-refractivity contribution in [3.05, 3.63) is 18.0 Å². The minimum atomic E-state index is 0.312. The van der Waals surface area contributed by atoms with Crippen molar-refractivity contribution in [3.63, 3.8) is 0 Å². The summed E-state index contributed by atoms with van der Waals surface area (Å²) in [5.41, 5.74) is 0.835. The summed E-state index contributed by atoms with van der Waals surface area (Å²) in [7, 11) is 0. The van der Waals surface area contributed by atoms with E-state index in [-0.39, 0.29) is 0 Å². The number of nitrogens with one attached hydrogen (secondary N) is 1. The average Bonchev–Trinajstić information content (AvgIpc) is 3.14. The van der Waals surface area contributed by atoms with E-state index < -0.39 is 0 Å². The summed E-state index contributed by atoms with van der Waals surface area (Å²) < 4.78 is 2.20. The van der Waals surface area contributed by atoms with Crippen LogP contribution in [0, 0.1) is 0 Å². The van der Waals surface area contributed by atoms with Crippen LogP contribution in [0.15, 0.2) is 12.1 Å². The van der Waals surface area contributed by atoms with Gasteiger partial charge in [0.1, 0.15) is 5.82 Å². The lowest BCUT2D eigenvalue weighted by atomic mass is 10.3. The van der Waals surface area contributed by atoms with Crippen LogP contribution in [0.2, 0.25) is 0 Å². The fourth-order valence-corrected chi connectivity index (χ4v) is 2.85. The van der Waals surface area contributed by atoms with E-state index in [2.05, 4.69) is 41.4 Å². The van der Waals surface area contributed by atoms with Gasteiger partial charge in [0.05, 0.1) is 0 Å². The van der Waals surface area contributed by atoms with Gasteiger partial charge in [-0.1, -0.05) is 20.8 Å². The van der Waals surface area contributed by atoms with Crippen molar-refractivity contribution in [1.29, 1.82) is 0 Å². The van der Waals surface area contributed by atoms with Crippen LogP contribution in [0.3, 0.4) is 0 Å². The summed E-state index contributed by atoms with van der Waals surface area (Å²) in [5.74, 6) is 3.53. The number of aromatic nitrogens is 4. The molecule has 0 spiro atoms. The molecule has 5 nitrogen and oxygen atoms in total. The predicted molar refractivity (Wildman–Crippen MR) is 83.5 cm³/mol. The predicted octanol–water partition coefficient (Wildman–Crippen LogP) is 2.95. The van der Waals surface area contributed by atoms with Crippen LogP contribution >= 0.6 is 11.8 Å². The molecule has 1 saturated carbocycles. The van der Waals surface area contributed by atoms with Crippen molar-refractivity contribution >= 4 is 23.2 Å². The summed E-state index contributed by atoms with van der Waals surface area (Å²) in [6.07, 6.45) is 2.42. The third kappa shape index (κ3) is 3.23. The van der Waals surface area contributed by atoms with Crippen LogP contribution in [0.5, 0.6) is 0 Å². The van der Waals surface area contributed by atoms with Crippen molar-refractivity contribution in [3.8, 4) is 0 Å². The number of hydrogen-bond donors (Lipinski definition) is 1. The molecule has 0 radical (unpaired) electrons.